The third kappa shape index (κ3) is 3.53. The third-order valence-corrected chi connectivity index (χ3v) is 2.69. The van der Waals surface area contributed by atoms with Gasteiger partial charge >= 0.3 is 5.69 Å². The van der Waals surface area contributed by atoms with E-state index in [1.54, 1.807) is 4.90 Å². The molecule has 110 valence electrons. The molecule has 9 nitrogen and oxygen atoms in total. The molecule has 0 saturated heterocycles. The van der Waals surface area contributed by atoms with Crippen molar-refractivity contribution in [2.45, 2.75) is 13.8 Å². The van der Waals surface area contributed by atoms with Crippen LogP contribution in [-0.2, 0) is 4.79 Å². The molecule has 0 aliphatic rings. The zero-order valence-corrected chi connectivity index (χ0v) is 11.6. The maximum absolute atomic E-state index is 11.8. The topological polar surface area (TPSA) is 110 Å². The largest absolute Gasteiger partial charge is 0.476 e. The first kappa shape index (κ1) is 15.6. The maximum Gasteiger partial charge on any atom is 0.372 e. The van der Waals surface area contributed by atoms with Crippen LogP contribution >= 0.6 is 0 Å². The van der Waals surface area contributed by atoms with Crippen molar-refractivity contribution in [3.05, 3.63) is 16.4 Å². The van der Waals surface area contributed by atoms with E-state index in [0.29, 0.717) is 13.1 Å². The summed E-state index contributed by atoms with van der Waals surface area (Å²) in [6.07, 6.45) is 1.13. The number of rotatable bonds is 7. The lowest BCUT2D eigenvalue weighted by molar-refractivity contribution is -0.385. The number of nitrogens with one attached hydrogen (secondary N) is 1. The average molecular weight is 283 g/mol. The second kappa shape index (κ2) is 7.22. The van der Waals surface area contributed by atoms with Crippen molar-refractivity contribution in [2.75, 3.05) is 32.1 Å². The molecule has 0 radical (unpaired) electrons. The molecular formula is C11H17N5O4. The Labute approximate surface area is 116 Å². The highest BCUT2D eigenvalue weighted by molar-refractivity contribution is 5.81. The van der Waals surface area contributed by atoms with Gasteiger partial charge < -0.3 is 15.0 Å². The van der Waals surface area contributed by atoms with E-state index in [9.17, 15) is 14.9 Å². The first-order chi connectivity index (χ1) is 9.54. The molecule has 1 N–H and O–H groups in total. The van der Waals surface area contributed by atoms with Gasteiger partial charge in [0.2, 0.25) is 11.7 Å². The summed E-state index contributed by atoms with van der Waals surface area (Å²) in [6.45, 7) is 4.79. The van der Waals surface area contributed by atoms with E-state index in [-0.39, 0.29) is 29.8 Å². The van der Waals surface area contributed by atoms with Gasteiger partial charge in [0.05, 0.1) is 18.6 Å². The first-order valence-corrected chi connectivity index (χ1v) is 6.10. The van der Waals surface area contributed by atoms with Crippen molar-refractivity contribution in [1.29, 1.82) is 0 Å². The van der Waals surface area contributed by atoms with Crippen molar-refractivity contribution in [3.8, 4) is 5.88 Å². The molecule has 1 heterocycles. The smallest absolute Gasteiger partial charge is 0.372 e. The quantitative estimate of drug-likeness (QED) is 0.578. The van der Waals surface area contributed by atoms with Crippen molar-refractivity contribution in [3.63, 3.8) is 0 Å². The number of methoxy groups -OCH3 is 1. The molecule has 9 heteroatoms. The fourth-order valence-corrected chi connectivity index (χ4v) is 1.65. The monoisotopic (exact) mass is 283 g/mol. The van der Waals surface area contributed by atoms with Gasteiger partial charge in [-0.1, -0.05) is 0 Å². The van der Waals surface area contributed by atoms with Crippen LogP contribution < -0.4 is 10.1 Å². The SMILES string of the molecule is CCN(CC)C(=O)CNc1ncnc(OC)c1[N+](=O)[O-]. The van der Waals surface area contributed by atoms with Gasteiger partial charge in [-0.3, -0.25) is 14.9 Å². The number of carbonyl (C=O) groups is 1. The number of nitrogens with zero attached hydrogens (tertiary/aromatic N) is 4. The number of nitro groups is 1. The van der Waals surface area contributed by atoms with Crippen LogP contribution in [0.4, 0.5) is 11.5 Å². The van der Waals surface area contributed by atoms with E-state index in [0.717, 1.165) is 6.33 Å². The summed E-state index contributed by atoms with van der Waals surface area (Å²) in [5.41, 5.74) is -0.387. The lowest BCUT2D eigenvalue weighted by Crippen LogP contribution is -2.35. The summed E-state index contributed by atoms with van der Waals surface area (Å²) in [5, 5.41) is 13.7. The predicted octanol–water partition coefficient (Wildman–Crippen LogP) is 0.674. The first-order valence-electron chi connectivity index (χ1n) is 6.10. The van der Waals surface area contributed by atoms with Crippen LogP contribution in [0.5, 0.6) is 5.88 Å². The highest BCUT2D eigenvalue weighted by Gasteiger charge is 2.24. The van der Waals surface area contributed by atoms with Gasteiger partial charge in [-0.25, -0.2) is 4.98 Å². The number of likely N-dealkylation sites (N-methyl/N-ethyl adjacent to an activating group) is 1. The Kier molecular flexibility index (Phi) is 5.63. The number of hydrogen-bond acceptors (Lipinski definition) is 7. The molecule has 0 saturated carbocycles. The molecule has 1 aromatic rings. The van der Waals surface area contributed by atoms with Crippen molar-refractivity contribution in [1.82, 2.24) is 14.9 Å². The highest BCUT2D eigenvalue weighted by atomic mass is 16.6. The second-order valence-corrected chi connectivity index (χ2v) is 3.76. The summed E-state index contributed by atoms with van der Waals surface area (Å²) in [4.78, 5) is 31.2. The van der Waals surface area contributed by atoms with Crippen LogP contribution in [0.15, 0.2) is 6.33 Å². The molecule has 20 heavy (non-hydrogen) atoms. The number of aromatic nitrogens is 2. The molecule has 0 aliphatic heterocycles. The van der Waals surface area contributed by atoms with Crippen LogP contribution in [0, 0.1) is 10.1 Å². The fourth-order valence-electron chi connectivity index (χ4n) is 1.65. The third-order valence-electron chi connectivity index (χ3n) is 2.69. The summed E-state index contributed by atoms with van der Waals surface area (Å²) >= 11 is 0. The maximum atomic E-state index is 11.8. The number of hydrogen-bond donors (Lipinski definition) is 1. The Bertz CT molecular complexity index is 490. The molecule has 0 atom stereocenters. The fraction of sp³-hybridized carbons (Fsp3) is 0.545. The number of amides is 1. The minimum atomic E-state index is -0.650. The van der Waals surface area contributed by atoms with E-state index in [1.165, 1.54) is 7.11 Å². The second-order valence-electron chi connectivity index (χ2n) is 3.76. The van der Waals surface area contributed by atoms with Gasteiger partial charge in [0.15, 0.2) is 0 Å². The van der Waals surface area contributed by atoms with Gasteiger partial charge in [0.1, 0.15) is 6.33 Å². The van der Waals surface area contributed by atoms with E-state index in [4.69, 9.17) is 4.74 Å². The average Bonchev–Trinajstić information content (AvgIpc) is 2.45. The number of anilines is 1. The highest BCUT2D eigenvalue weighted by Crippen LogP contribution is 2.30. The van der Waals surface area contributed by atoms with Crippen LogP contribution in [0.2, 0.25) is 0 Å². The Balaban J connectivity index is 2.88. The minimum absolute atomic E-state index is 0.0395. The Morgan fingerprint density at radius 1 is 1.45 bits per heavy atom. The zero-order valence-electron chi connectivity index (χ0n) is 11.6. The number of ether oxygens (including phenoxy) is 1. The molecule has 1 amide bonds. The van der Waals surface area contributed by atoms with Gasteiger partial charge in [0.25, 0.3) is 5.88 Å². The molecule has 0 spiro atoms. The van der Waals surface area contributed by atoms with E-state index in [2.05, 4.69) is 15.3 Å². The molecule has 0 unspecified atom stereocenters. The predicted molar refractivity (Wildman–Crippen MR) is 71.7 cm³/mol. The molecule has 0 bridgehead atoms. The lowest BCUT2D eigenvalue weighted by atomic mass is 10.4. The lowest BCUT2D eigenvalue weighted by Gasteiger charge is -2.18. The Morgan fingerprint density at radius 2 is 2.10 bits per heavy atom. The van der Waals surface area contributed by atoms with Gasteiger partial charge in [0, 0.05) is 13.1 Å². The molecule has 1 rings (SSSR count). The van der Waals surface area contributed by atoms with E-state index >= 15 is 0 Å². The molecule has 1 aromatic heterocycles. The van der Waals surface area contributed by atoms with E-state index < -0.39 is 4.92 Å². The molecular weight excluding hydrogens is 266 g/mol. The number of carbonyl (C=O) groups excluding carboxylic acids is 1. The molecule has 0 aliphatic carbocycles. The van der Waals surface area contributed by atoms with E-state index in [1.807, 2.05) is 13.8 Å². The summed E-state index contributed by atoms with van der Waals surface area (Å²) < 4.78 is 4.82. The summed E-state index contributed by atoms with van der Waals surface area (Å²) in [5.74, 6) is -0.355. The minimum Gasteiger partial charge on any atom is -0.476 e. The summed E-state index contributed by atoms with van der Waals surface area (Å²) in [7, 11) is 1.28. The summed E-state index contributed by atoms with van der Waals surface area (Å²) in [6, 6.07) is 0. The van der Waals surface area contributed by atoms with Crippen molar-refractivity contribution in [2.24, 2.45) is 0 Å². The van der Waals surface area contributed by atoms with Crippen LogP contribution in [-0.4, -0.2) is 52.4 Å². The van der Waals surface area contributed by atoms with Crippen LogP contribution in [0.25, 0.3) is 0 Å². The van der Waals surface area contributed by atoms with Crippen molar-refractivity contribution < 1.29 is 14.5 Å². The van der Waals surface area contributed by atoms with Crippen LogP contribution in [0.3, 0.4) is 0 Å². The van der Waals surface area contributed by atoms with Crippen molar-refractivity contribution >= 4 is 17.4 Å². The molecule has 0 fully saturated rings. The van der Waals surface area contributed by atoms with Gasteiger partial charge in [-0.2, -0.15) is 4.98 Å². The molecule has 0 aromatic carbocycles. The Morgan fingerprint density at radius 3 is 2.60 bits per heavy atom. The van der Waals surface area contributed by atoms with Crippen LogP contribution in [0.1, 0.15) is 13.8 Å². The van der Waals surface area contributed by atoms with Gasteiger partial charge in [-0.05, 0) is 13.8 Å². The standard InChI is InChI=1S/C11H17N5O4/c1-4-15(5-2)8(17)6-12-10-9(16(18)19)11(20-3)14-7-13-10/h7H,4-6H2,1-3H3,(H,12,13,14). The zero-order chi connectivity index (χ0) is 15.1. The van der Waals surface area contributed by atoms with Gasteiger partial charge in [-0.15, -0.1) is 0 Å². The Hall–Kier alpha value is -2.45. The normalized spacial score (nSPS) is 9.95.